The van der Waals surface area contributed by atoms with Crippen molar-refractivity contribution in [2.75, 3.05) is 12.4 Å². The smallest absolute Gasteiger partial charge is 0.276 e. The molecule has 0 aliphatic carbocycles. The van der Waals surface area contributed by atoms with E-state index < -0.39 is 6.17 Å². The fraction of sp³-hybridized carbons (Fsp3) is 0.286. The van der Waals surface area contributed by atoms with Crippen LogP contribution in [0.1, 0.15) is 32.0 Å². The van der Waals surface area contributed by atoms with E-state index in [0.717, 1.165) is 34.1 Å². The number of nitrogens with zero attached hydrogens (tertiary/aromatic N) is 3. The highest BCUT2D eigenvalue weighted by Crippen LogP contribution is 2.35. The third-order valence-electron chi connectivity index (χ3n) is 4.46. The molecule has 0 spiro atoms. The maximum atomic E-state index is 13.0. The molecule has 2 heterocycles. The first-order valence-corrected chi connectivity index (χ1v) is 10.4. The molecule has 0 aromatic heterocycles. The molecule has 2 aromatic carbocycles. The molecule has 2 aromatic rings. The molecule has 0 unspecified atom stereocenters. The third kappa shape index (κ3) is 3.38. The van der Waals surface area contributed by atoms with Crippen LogP contribution in [0.2, 0.25) is 0 Å². The number of fused-ring (bicyclic) bond motifs is 2. The highest BCUT2D eigenvalue weighted by molar-refractivity contribution is 8.13. The van der Waals surface area contributed by atoms with Gasteiger partial charge in [-0.2, -0.15) is 0 Å². The van der Waals surface area contributed by atoms with Gasteiger partial charge in [-0.3, -0.25) is 15.1 Å². The van der Waals surface area contributed by atoms with Gasteiger partial charge in [0.2, 0.25) is 0 Å². The standard InChI is InChI=1S/C21H22N4O2S/c1-3-13-27-17-12-8-6-10-15(17)19-22-16-11-7-5-9-14(16)18-20(26)23-21(28-4-2)24-25(18)19/h5-12,19H,3-4,13H2,1-2H3,(H,23,24,26)/t19-/m1/s1. The lowest BCUT2D eigenvalue weighted by atomic mass is 10.1. The molecule has 7 heteroatoms. The molecule has 0 radical (unpaired) electrons. The first-order chi connectivity index (χ1) is 13.7. The van der Waals surface area contributed by atoms with Gasteiger partial charge in [0.25, 0.3) is 5.91 Å². The fourth-order valence-corrected chi connectivity index (χ4v) is 3.85. The predicted molar refractivity (Wildman–Crippen MR) is 111 cm³/mol. The lowest BCUT2D eigenvalue weighted by Crippen LogP contribution is -2.50. The van der Waals surface area contributed by atoms with Crippen molar-refractivity contribution in [1.82, 2.24) is 10.3 Å². The van der Waals surface area contributed by atoms with Crippen LogP contribution < -0.4 is 20.6 Å². The van der Waals surface area contributed by atoms with Crippen LogP contribution in [-0.4, -0.2) is 28.4 Å². The molecular weight excluding hydrogens is 372 g/mol. The molecule has 28 heavy (non-hydrogen) atoms. The van der Waals surface area contributed by atoms with Crippen LogP contribution in [0.4, 0.5) is 0 Å². The fourth-order valence-electron chi connectivity index (χ4n) is 3.27. The maximum absolute atomic E-state index is 13.0. The van der Waals surface area contributed by atoms with Crippen LogP contribution >= 0.6 is 11.8 Å². The summed E-state index contributed by atoms with van der Waals surface area (Å²) in [5.41, 5.74) is 1.41. The Balaban J connectivity index is 1.90. The van der Waals surface area contributed by atoms with Crippen molar-refractivity contribution >= 4 is 28.5 Å². The maximum Gasteiger partial charge on any atom is 0.276 e. The first-order valence-electron chi connectivity index (χ1n) is 9.43. The number of nitrogens with one attached hydrogen (secondary N) is 1. The van der Waals surface area contributed by atoms with Crippen LogP contribution in [0.15, 0.2) is 58.6 Å². The monoisotopic (exact) mass is 394 g/mol. The Hall–Kier alpha value is -2.80. The Labute approximate surface area is 168 Å². The molecule has 4 rings (SSSR count). The van der Waals surface area contributed by atoms with Gasteiger partial charge in [0.15, 0.2) is 11.3 Å². The second-order valence-electron chi connectivity index (χ2n) is 6.39. The molecule has 6 nitrogen and oxygen atoms in total. The van der Waals surface area contributed by atoms with Crippen LogP contribution in [0.5, 0.6) is 5.75 Å². The van der Waals surface area contributed by atoms with Crippen molar-refractivity contribution in [2.24, 2.45) is 10.1 Å². The van der Waals surface area contributed by atoms with Crippen molar-refractivity contribution in [1.29, 1.82) is 0 Å². The Morgan fingerprint density at radius 3 is 2.75 bits per heavy atom. The topological polar surface area (TPSA) is 66.3 Å². The number of ether oxygens (including phenoxy) is 1. The van der Waals surface area contributed by atoms with Crippen LogP contribution in [0.3, 0.4) is 0 Å². The van der Waals surface area contributed by atoms with Gasteiger partial charge in [0.05, 0.1) is 12.0 Å². The number of carbonyl (C=O) groups excluding carboxylic acids is 1. The summed E-state index contributed by atoms with van der Waals surface area (Å²) in [5.74, 6) is 1.42. The summed E-state index contributed by atoms with van der Waals surface area (Å²) in [7, 11) is 0. The molecular formula is C21H22N4O2S. The van der Waals surface area contributed by atoms with Gasteiger partial charge in [-0.25, -0.2) is 5.01 Å². The molecule has 1 atom stereocenters. The number of carbonyl (C=O) groups is 1. The number of hydrogen-bond donors (Lipinski definition) is 1. The zero-order chi connectivity index (χ0) is 19.5. The number of rotatable bonds is 5. The van der Waals surface area contributed by atoms with Gasteiger partial charge in [-0.05, 0) is 24.3 Å². The Morgan fingerprint density at radius 2 is 1.93 bits per heavy atom. The molecule has 0 saturated heterocycles. The first kappa shape index (κ1) is 18.6. The second-order valence-corrected chi connectivity index (χ2v) is 7.64. The zero-order valence-electron chi connectivity index (χ0n) is 15.9. The molecule has 2 aliphatic rings. The Morgan fingerprint density at radius 1 is 1.14 bits per heavy atom. The summed E-state index contributed by atoms with van der Waals surface area (Å²) in [6, 6.07) is 15.5. The number of hydrogen-bond acceptors (Lipinski definition) is 6. The van der Waals surface area contributed by atoms with Crippen molar-refractivity contribution in [3.63, 3.8) is 0 Å². The van der Waals surface area contributed by atoms with E-state index in [1.54, 1.807) is 5.01 Å². The predicted octanol–water partition coefficient (Wildman–Crippen LogP) is 2.37. The van der Waals surface area contributed by atoms with Crippen molar-refractivity contribution in [3.05, 3.63) is 64.7 Å². The van der Waals surface area contributed by atoms with E-state index in [-0.39, 0.29) is 5.91 Å². The molecule has 0 saturated carbocycles. The van der Waals surface area contributed by atoms with Crippen molar-refractivity contribution in [2.45, 2.75) is 26.4 Å². The van der Waals surface area contributed by atoms with Crippen molar-refractivity contribution < 1.29 is 9.53 Å². The summed E-state index contributed by atoms with van der Waals surface area (Å²) in [5, 5.41) is 11.5. The number of para-hydroxylation sites is 2. The highest BCUT2D eigenvalue weighted by Gasteiger charge is 2.35. The molecule has 144 valence electrons. The van der Waals surface area contributed by atoms with Gasteiger partial charge in [-0.1, -0.05) is 62.0 Å². The van der Waals surface area contributed by atoms with Crippen LogP contribution in [-0.2, 0) is 4.79 Å². The van der Waals surface area contributed by atoms with E-state index in [1.165, 1.54) is 11.8 Å². The van der Waals surface area contributed by atoms with E-state index in [9.17, 15) is 4.79 Å². The number of amides is 1. The highest BCUT2D eigenvalue weighted by atomic mass is 32.2. The molecule has 0 fully saturated rings. The second kappa shape index (κ2) is 8.06. The lowest BCUT2D eigenvalue weighted by molar-refractivity contribution is -0.116. The number of thioether (sulfide) groups is 1. The lowest BCUT2D eigenvalue weighted by Gasteiger charge is -2.34. The average molecular weight is 395 g/mol. The molecule has 1 N–H and O–H groups in total. The van der Waals surface area contributed by atoms with Gasteiger partial charge in [0, 0.05) is 10.8 Å². The third-order valence-corrected chi connectivity index (χ3v) is 5.20. The van der Waals surface area contributed by atoms with E-state index in [1.807, 2.05) is 55.5 Å². The van der Waals surface area contributed by atoms with Gasteiger partial charge in [0.1, 0.15) is 11.4 Å². The summed E-state index contributed by atoms with van der Waals surface area (Å²) in [6.45, 7) is 4.72. The van der Waals surface area contributed by atoms with Crippen LogP contribution in [0.25, 0.3) is 5.70 Å². The number of amidine groups is 1. The molecule has 2 aliphatic heterocycles. The summed E-state index contributed by atoms with van der Waals surface area (Å²) in [6.07, 6.45) is 0.453. The summed E-state index contributed by atoms with van der Waals surface area (Å²) >= 11 is 1.50. The minimum atomic E-state index is -0.462. The van der Waals surface area contributed by atoms with Gasteiger partial charge >= 0.3 is 0 Å². The van der Waals surface area contributed by atoms with E-state index in [4.69, 9.17) is 14.8 Å². The molecule has 1 amide bonds. The van der Waals surface area contributed by atoms with Gasteiger partial charge < -0.3 is 4.74 Å². The normalized spacial score (nSPS) is 17.9. The van der Waals surface area contributed by atoms with E-state index >= 15 is 0 Å². The largest absolute Gasteiger partial charge is 0.493 e. The Kier molecular flexibility index (Phi) is 5.34. The van der Waals surface area contributed by atoms with Gasteiger partial charge in [-0.15, -0.1) is 5.10 Å². The zero-order valence-corrected chi connectivity index (χ0v) is 16.7. The summed E-state index contributed by atoms with van der Waals surface area (Å²) < 4.78 is 5.96. The SMILES string of the molecule is CCCOc1ccccc1[C@@H]1N=c2ccccc2=C2C(=O)NC(SCC)=NN21. The Bertz CT molecular complexity index is 1050. The summed E-state index contributed by atoms with van der Waals surface area (Å²) in [4.78, 5) is 17.9. The molecule has 0 bridgehead atoms. The average Bonchev–Trinajstić information content (AvgIpc) is 2.72. The minimum Gasteiger partial charge on any atom is -0.493 e. The van der Waals surface area contributed by atoms with Crippen molar-refractivity contribution in [3.8, 4) is 5.75 Å². The quantitative estimate of drug-likeness (QED) is 0.846. The minimum absolute atomic E-state index is 0.162. The van der Waals surface area contributed by atoms with E-state index in [2.05, 4.69) is 12.2 Å². The number of hydrazone groups is 1. The van der Waals surface area contributed by atoms with E-state index in [0.29, 0.717) is 17.5 Å². The van der Waals surface area contributed by atoms with Crippen LogP contribution in [0, 0.1) is 0 Å². The number of benzene rings is 2.